The van der Waals surface area contributed by atoms with Crippen LogP contribution in [0.1, 0.15) is 22.8 Å². The number of hydrogen-bond donors (Lipinski definition) is 2. The van der Waals surface area contributed by atoms with E-state index in [0.29, 0.717) is 0 Å². The summed E-state index contributed by atoms with van der Waals surface area (Å²) in [5.41, 5.74) is 9.79. The number of H-pyrrole nitrogens is 2. The van der Waals surface area contributed by atoms with Crippen LogP contribution in [-0.2, 0) is 17.1 Å². The molecule has 3 aromatic heterocycles. The van der Waals surface area contributed by atoms with Gasteiger partial charge in [0.1, 0.15) is 0 Å². The van der Waals surface area contributed by atoms with Crippen LogP contribution >= 0.6 is 11.6 Å². The second-order valence-electron chi connectivity index (χ2n) is 7.60. The molecular weight excluding hydrogens is 459 g/mol. The molecule has 8 bridgehead atoms. The first-order chi connectivity index (χ1) is 15.2. The first-order valence-corrected chi connectivity index (χ1v) is 10.4. The molecule has 0 atom stereocenters. The molecule has 6 rings (SSSR count). The largest absolute Gasteiger partial charge is 0.355 e. The number of nitrogens with zero attached hydrogens (tertiary/aromatic N) is 2. The van der Waals surface area contributed by atoms with Gasteiger partial charge < -0.3 is 9.97 Å². The van der Waals surface area contributed by atoms with E-state index in [0.717, 1.165) is 61.0 Å². The van der Waals surface area contributed by atoms with E-state index in [9.17, 15) is 0 Å². The van der Waals surface area contributed by atoms with Crippen LogP contribution in [-0.4, -0.2) is 19.9 Å². The summed E-state index contributed by atoms with van der Waals surface area (Å²) in [5.74, 6) is 0. The monoisotopic (exact) mass is 475 g/mol. The smallest absolute Gasteiger partial charge is 0.0658 e. The number of hydrogen-bond acceptors (Lipinski definition) is 2. The van der Waals surface area contributed by atoms with Gasteiger partial charge in [0.25, 0.3) is 0 Å². The standard InChI is InChI=1S/C26H17ClN4.Mn/c27-17-3-1-16(2-4-17)25-14-24-13-22-8-7-20(29-22)11-18-5-6-19(28-18)12-21-9-10-23(30-21)15-26(25)31-24;/h1-15,28,31H;. The van der Waals surface area contributed by atoms with Crippen LogP contribution in [0.5, 0.6) is 0 Å². The molecule has 4 nitrogen and oxygen atoms in total. The molecule has 5 heterocycles. The minimum atomic E-state index is 0. The van der Waals surface area contributed by atoms with Crippen LogP contribution in [0.15, 0.2) is 66.7 Å². The molecule has 2 N–H and O–H groups in total. The van der Waals surface area contributed by atoms with E-state index in [1.165, 1.54) is 0 Å². The van der Waals surface area contributed by atoms with Gasteiger partial charge in [-0.25, -0.2) is 9.97 Å². The fourth-order valence-corrected chi connectivity index (χ4v) is 4.01. The van der Waals surface area contributed by atoms with Gasteiger partial charge in [-0.2, -0.15) is 0 Å². The summed E-state index contributed by atoms with van der Waals surface area (Å²) >= 11 is 6.10. The van der Waals surface area contributed by atoms with Crippen molar-refractivity contribution in [3.63, 3.8) is 0 Å². The third kappa shape index (κ3) is 4.06. The van der Waals surface area contributed by atoms with E-state index in [1.807, 2.05) is 72.8 Å². The van der Waals surface area contributed by atoms with Gasteiger partial charge >= 0.3 is 0 Å². The quantitative estimate of drug-likeness (QED) is 0.252. The zero-order chi connectivity index (χ0) is 20.8. The molecule has 0 unspecified atom stereocenters. The normalized spacial score (nSPS) is 12.0. The van der Waals surface area contributed by atoms with Gasteiger partial charge in [0, 0.05) is 49.7 Å². The number of rotatable bonds is 1. The van der Waals surface area contributed by atoms with Gasteiger partial charge in [0.05, 0.1) is 22.8 Å². The number of aromatic nitrogens is 4. The second kappa shape index (κ2) is 8.29. The van der Waals surface area contributed by atoms with Gasteiger partial charge in [0.15, 0.2) is 0 Å². The van der Waals surface area contributed by atoms with E-state index in [1.54, 1.807) is 0 Å². The molecule has 2 aliphatic rings. The maximum Gasteiger partial charge on any atom is 0.0658 e. The Hall–Kier alpha value is -3.37. The molecule has 0 saturated carbocycles. The molecule has 0 aliphatic carbocycles. The van der Waals surface area contributed by atoms with Gasteiger partial charge in [-0.05, 0) is 84.5 Å². The Morgan fingerprint density at radius 3 is 1.69 bits per heavy atom. The van der Waals surface area contributed by atoms with Gasteiger partial charge in [-0.1, -0.05) is 23.7 Å². The number of halogens is 1. The van der Waals surface area contributed by atoms with Crippen molar-refractivity contribution in [1.82, 2.24) is 19.9 Å². The van der Waals surface area contributed by atoms with Crippen molar-refractivity contribution >= 4 is 58.0 Å². The third-order valence-corrected chi connectivity index (χ3v) is 5.58. The molecule has 1 aromatic carbocycles. The van der Waals surface area contributed by atoms with E-state index in [-0.39, 0.29) is 17.1 Å². The molecule has 0 amide bonds. The summed E-state index contributed by atoms with van der Waals surface area (Å²) in [7, 11) is 0. The van der Waals surface area contributed by atoms with Crippen molar-refractivity contribution in [3.8, 4) is 11.1 Å². The first kappa shape index (κ1) is 20.5. The van der Waals surface area contributed by atoms with Gasteiger partial charge in [0.2, 0.25) is 0 Å². The van der Waals surface area contributed by atoms with Crippen LogP contribution < -0.4 is 0 Å². The van der Waals surface area contributed by atoms with Crippen LogP contribution in [0, 0.1) is 0 Å². The minimum Gasteiger partial charge on any atom is -0.355 e. The molecule has 0 fully saturated rings. The molecule has 2 aliphatic heterocycles. The fraction of sp³-hybridized carbons (Fsp3) is 0. The van der Waals surface area contributed by atoms with E-state index in [4.69, 9.17) is 21.6 Å². The van der Waals surface area contributed by atoms with Crippen molar-refractivity contribution in [3.05, 3.63) is 94.5 Å². The third-order valence-electron chi connectivity index (χ3n) is 5.32. The molecular formula is C26H17ClMnN4. The van der Waals surface area contributed by atoms with Crippen molar-refractivity contribution in [2.45, 2.75) is 0 Å². The first-order valence-electron chi connectivity index (χ1n) is 10.0. The molecule has 32 heavy (non-hydrogen) atoms. The number of nitrogens with one attached hydrogen (secondary N) is 2. The molecule has 1 radical (unpaired) electrons. The Balaban J connectivity index is 0.00000216. The predicted molar refractivity (Wildman–Crippen MR) is 129 cm³/mol. The van der Waals surface area contributed by atoms with Crippen LogP contribution in [0.2, 0.25) is 5.02 Å². The van der Waals surface area contributed by atoms with Crippen LogP contribution in [0.3, 0.4) is 0 Å². The molecule has 0 spiro atoms. The minimum absolute atomic E-state index is 0. The zero-order valence-electron chi connectivity index (χ0n) is 16.8. The Kier molecular flexibility index (Phi) is 5.31. The zero-order valence-corrected chi connectivity index (χ0v) is 18.7. The topological polar surface area (TPSA) is 57.4 Å². The summed E-state index contributed by atoms with van der Waals surface area (Å²) in [5, 5.41) is 0.720. The molecule has 6 heteroatoms. The fourth-order valence-electron chi connectivity index (χ4n) is 3.89. The Morgan fingerprint density at radius 2 is 1.09 bits per heavy atom. The predicted octanol–water partition coefficient (Wildman–Crippen LogP) is 6.97. The van der Waals surface area contributed by atoms with Crippen molar-refractivity contribution in [2.75, 3.05) is 0 Å². The van der Waals surface area contributed by atoms with E-state index >= 15 is 0 Å². The maximum atomic E-state index is 6.10. The van der Waals surface area contributed by atoms with Crippen molar-refractivity contribution in [1.29, 1.82) is 0 Å². The Labute approximate surface area is 200 Å². The summed E-state index contributed by atoms with van der Waals surface area (Å²) in [6.07, 6.45) is 8.10. The summed E-state index contributed by atoms with van der Waals surface area (Å²) in [4.78, 5) is 16.4. The average molecular weight is 476 g/mol. The van der Waals surface area contributed by atoms with Gasteiger partial charge in [-0.3, -0.25) is 0 Å². The van der Waals surface area contributed by atoms with E-state index in [2.05, 4.69) is 28.2 Å². The SMILES string of the molecule is Clc1ccc(-c2cc3cc4nc(cc5ccc(cc6nc(cc2[nH]3)C=C6)[nH]5)C=C4)cc1.[Mn]. The summed E-state index contributed by atoms with van der Waals surface area (Å²) in [6.45, 7) is 0. The number of aromatic amines is 2. The Bertz CT molecular complexity index is 1540. The summed E-state index contributed by atoms with van der Waals surface area (Å²) in [6, 6.07) is 22.3. The van der Waals surface area contributed by atoms with Crippen LogP contribution in [0.25, 0.3) is 57.5 Å². The van der Waals surface area contributed by atoms with Crippen LogP contribution in [0.4, 0.5) is 0 Å². The van der Waals surface area contributed by atoms with Gasteiger partial charge in [-0.15, -0.1) is 0 Å². The average Bonchev–Trinajstić information content (AvgIpc) is 3.54. The van der Waals surface area contributed by atoms with E-state index < -0.39 is 0 Å². The summed E-state index contributed by atoms with van der Waals surface area (Å²) < 4.78 is 0. The molecule has 0 saturated heterocycles. The van der Waals surface area contributed by atoms with Crippen molar-refractivity contribution < 1.29 is 17.1 Å². The number of fused-ring (bicyclic) bond motifs is 8. The second-order valence-corrected chi connectivity index (χ2v) is 8.03. The Morgan fingerprint density at radius 1 is 0.562 bits per heavy atom. The maximum absolute atomic E-state index is 6.10. The molecule has 4 aromatic rings. The number of benzene rings is 1. The van der Waals surface area contributed by atoms with Crippen molar-refractivity contribution in [2.24, 2.45) is 0 Å². The molecule has 155 valence electrons.